The Labute approximate surface area is 199 Å². The molecule has 1 aliphatic rings. The molecule has 4 rings (SSSR count). The number of nitrogens with one attached hydrogen (secondary N) is 1. The van der Waals surface area contributed by atoms with E-state index in [1.807, 2.05) is 68.9 Å². The maximum atomic E-state index is 13.9. The largest absolute Gasteiger partial charge is 0.351 e. The molecule has 0 radical (unpaired) electrons. The average Bonchev–Trinajstić information content (AvgIpc) is 3.42. The van der Waals surface area contributed by atoms with Crippen molar-refractivity contribution in [1.29, 1.82) is 0 Å². The van der Waals surface area contributed by atoms with Crippen LogP contribution in [0.15, 0.2) is 48.0 Å². The minimum atomic E-state index is -0.783. The van der Waals surface area contributed by atoms with E-state index in [4.69, 9.17) is 0 Å². The van der Waals surface area contributed by atoms with Crippen LogP contribution >= 0.6 is 11.3 Å². The van der Waals surface area contributed by atoms with Crippen molar-refractivity contribution in [3.63, 3.8) is 0 Å². The highest BCUT2D eigenvalue weighted by Gasteiger charge is 2.36. The molecule has 6 nitrogen and oxygen atoms in total. The minimum absolute atomic E-state index is 0.0983. The second kappa shape index (κ2) is 10.3. The summed E-state index contributed by atoms with van der Waals surface area (Å²) in [6.07, 6.45) is 7.55. The molecule has 1 fully saturated rings. The van der Waals surface area contributed by atoms with Crippen LogP contribution in [-0.4, -0.2) is 27.6 Å². The van der Waals surface area contributed by atoms with E-state index in [-0.39, 0.29) is 24.3 Å². The minimum Gasteiger partial charge on any atom is -0.351 e. The zero-order valence-electron chi connectivity index (χ0n) is 19.6. The molecule has 7 heteroatoms. The van der Waals surface area contributed by atoms with Crippen molar-refractivity contribution in [3.8, 4) is 0 Å². The normalized spacial score (nSPS) is 15.2. The van der Waals surface area contributed by atoms with Crippen molar-refractivity contribution in [1.82, 2.24) is 15.1 Å². The molecule has 0 spiro atoms. The predicted octanol–water partition coefficient (Wildman–Crippen LogP) is 4.86. The van der Waals surface area contributed by atoms with E-state index < -0.39 is 6.04 Å². The van der Waals surface area contributed by atoms with E-state index in [9.17, 15) is 9.59 Å². The van der Waals surface area contributed by atoms with Crippen molar-refractivity contribution < 1.29 is 9.59 Å². The zero-order valence-corrected chi connectivity index (χ0v) is 20.4. The molecule has 2 aromatic heterocycles. The Morgan fingerprint density at radius 1 is 1.15 bits per heavy atom. The van der Waals surface area contributed by atoms with E-state index >= 15 is 0 Å². The van der Waals surface area contributed by atoms with Crippen molar-refractivity contribution in [2.24, 2.45) is 7.05 Å². The van der Waals surface area contributed by atoms with Crippen LogP contribution < -0.4 is 10.2 Å². The summed E-state index contributed by atoms with van der Waals surface area (Å²) < 4.78 is 1.71. The quantitative estimate of drug-likeness (QED) is 0.543. The summed E-state index contributed by atoms with van der Waals surface area (Å²) in [5.41, 5.74) is 3.22. The van der Waals surface area contributed by atoms with E-state index in [2.05, 4.69) is 10.4 Å². The number of thiophene rings is 1. The summed E-state index contributed by atoms with van der Waals surface area (Å²) in [4.78, 5) is 30.4. The number of hydrogen-bond acceptors (Lipinski definition) is 4. The number of aromatic nitrogens is 2. The Morgan fingerprint density at radius 2 is 1.91 bits per heavy atom. The summed E-state index contributed by atoms with van der Waals surface area (Å²) in [6.45, 7) is 3.88. The number of hydrogen-bond donors (Lipinski definition) is 1. The third-order valence-corrected chi connectivity index (χ3v) is 7.23. The summed E-state index contributed by atoms with van der Waals surface area (Å²) in [6, 6.07) is 11.1. The van der Waals surface area contributed by atoms with Crippen LogP contribution in [0.3, 0.4) is 0 Å². The van der Waals surface area contributed by atoms with Gasteiger partial charge in [0.15, 0.2) is 0 Å². The van der Waals surface area contributed by atoms with Crippen LogP contribution in [0, 0.1) is 13.8 Å². The standard InChI is InChI=1S/C26H32N4O2S/c1-18-10-7-8-14-23(18)30(24(31)16-21-13-9-15-33-21)25(22-17-29(3)28-19(22)2)26(32)27-20-11-5-4-6-12-20/h7-10,13-15,17,20,25H,4-6,11-12,16H2,1-3H3,(H,27,32)/t25-/m1/s1. The van der Waals surface area contributed by atoms with Gasteiger partial charge in [-0.25, -0.2) is 0 Å². The molecule has 33 heavy (non-hydrogen) atoms. The van der Waals surface area contributed by atoms with Gasteiger partial charge < -0.3 is 5.32 Å². The van der Waals surface area contributed by atoms with Gasteiger partial charge in [-0.3, -0.25) is 19.2 Å². The molecule has 1 aromatic carbocycles. The fourth-order valence-electron chi connectivity index (χ4n) is 4.71. The van der Waals surface area contributed by atoms with Gasteiger partial charge in [-0.2, -0.15) is 5.10 Å². The highest BCUT2D eigenvalue weighted by atomic mass is 32.1. The Bertz CT molecular complexity index is 1100. The molecule has 1 saturated carbocycles. The number of aryl methyl sites for hydroxylation is 3. The average molecular weight is 465 g/mol. The molecule has 0 saturated heterocycles. The van der Waals surface area contributed by atoms with Gasteiger partial charge in [0.05, 0.1) is 12.1 Å². The highest BCUT2D eigenvalue weighted by Crippen LogP contribution is 2.33. The molecule has 2 heterocycles. The monoisotopic (exact) mass is 464 g/mol. The first kappa shape index (κ1) is 23.2. The van der Waals surface area contributed by atoms with Gasteiger partial charge >= 0.3 is 0 Å². The molecule has 3 aromatic rings. The third-order valence-electron chi connectivity index (χ3n) is 6.35. The van der Waals surface area contributed by atoms with Crippen molar-refractivity contribution in [3.05, 3.63) is 69.7 Å². The number of carbonyl (C=O) groups is 2. The van der Waals surface area contributed by atoms with Crippen molar-refractivity contribution >= 4 is 28.8 Å². The molecular formula is C26H32N4O2S. The fraction of sp³-hybridized carbons (Fsp3) is 0.423. The Hall–Kier alpha value is -2.93. The molecule has 0 bridgehead atoms. The smallest absolute Gasteiger partial charge is 0.248 e. The van der Waals surface area contributed by atoms with Gasteiger partial charge in [0.25, 0.3) is 0 Å². The van der Waals surface area contributed by atoms with E-state index in [1.165, 1.54) is 6.42 Å². The van der Waals surface area contributed by atoms with Crippen LogP contribution in [0.4, 0.5) is 5.69 Å². The first-order chi connectivity index (χ1) is 15.9. The molecule has 1 N–H and O–H groups in total. The van der Waals surface area contributed by atoms with E-state index in [0.29, 0.717) is 0 Å². The van der Waals surface area contributed by atoms with Gasteiger partial charge in [0.2, 0.25) is 11.8 Å². The third kappa shape index (κ3) is 5.36. The maximum Gasteiger partial charge on any atom is 0.248 e. The Kier molecular flexibility index (Phi) is 7.28. The topological polar surface area (TPSA) is 67.2 Å². The molecular weight excluding hydrogens is 432 g/mol. The molecule has 0 aliphatic heterocycles. The lowest BCUT2D eigenvalue weighted by atomic mass is 9.94. The number of benzene rings is 1. The molecule has 1 atom stereocenters. The van der Waals surface area contributed by atoms with Crippen LogP contribution in [0.5, 0.6) is 0 Å². The lowest BCUT2D eigenvalue weighted by molar-refractivity contribution is -0.127. The van der Waals surface area contributed by atoms with Gasteiger partial charge in [0.1, 0.15) is 6.04 Å². The lowest BCUT2D eigenvalue weighted by Gasteiger charge is -2.34. The number of amides is 2. The van der Waals surface area contributed by atoms with Gasteiger partial charge in [-0.15, -0.1) is 11.3 Å². The van der Waals surface area contributed by atoms with Gasteiger partial charge in [-0.05, 0) is 49.8 Å². The fourth-order valence-corrected chi connectivity index (χ4v) is 5.41. The molecule has 2 amide bonds. The van der Waals surface area contributed by atoms with E-state index in [1.54, 1.807) is 20.9 Å². The lowest BCUT2D eigenvalue weighted by Crippen LogP contribution is -2.48. The van der Waals surface area contributed by atoms with Crippen LogP contribution in [0.2, 0.25) is 0 Å². The van der Waals surface area contributed by atoms with Gasteiger partial charge in [-0.1, -0.05) is 43.5 Å². The summed E-state index contributed by atoms with van der Waals surface area (Å²) in [5, 5.41) is 9.74. The Morgan fingerprint density at radius 3 is 2.55 bits per heavy atom. The number of rotatable bonds is 7. The predicted molar refractivity (Wildman–Crippen MR) is 132 cm³/mol. The number of carbonyl (C=O) groups excluding carboxylic acids is 2. The number of anilines is 1. The number of para-hydroxylation sites is 1. The van der Waals surface area contributed by atoms with Gasteiger partial charge in [0, 0.05) is 35.4 Å². The van der Waals surface area contributed by atoms with E-state index in [0.717, 1.165) is 53.1 Å². The second-order valence-corrected chi connectivity index (χ2v) is 9.93. The van der Waals surface area contributed by atoms with Crippen LogP contribution in [-0.2, 0) is 23.1 Å². The second-order valence-electron chi connectivity index (χ2n) is 8.90. The Balaban J connectivity index is 1.77. The number of nitrogens with zero attached hydrogens (tertiary/aromatic N) is 3. The zero-order chi connectivity index (χ0) is 23.4. The molecule has 1 aliphatic carbocycles. The van der Waals surface area contributed by atoms with Crippen molar-refractivity contribution in [2.75, 3.05) is 4.90 Å². The first-order valence-electron chi connectivity index (χ1n) is 11.6. The highest BCUT2D eigenvalue weighted by molar-refractivity contribution is 7.10. The summed E-state index contributed by atoms with van der Waals surface area (Å²) in [7, 11) is 1.85. The van der Waals surface area contributed by atoms with Crippen LogP contribution in [0.1, 0.15) is 59.8 Å². The summed E-state index contributed by atoms with van der Waals surface area (Å²) >= 11 is 1.56. The summed E-state index contributed by atoms with van der Waals surface area (Å²) in [5.74, 6) is -0.237. The maximum absolute atomic E-state index is 13.9. The van der Waals surface area contributed by atoms with Crippen molar-refractivity contribution in [2.45, 2.75) is 64.5 Å². The van der Waals surface area contributed by atoms with Crippen LogP contribution in [0.25, 0.3) is 0 Å². The SMILES string of the molecule is Cc1ccccc1N(C(=O)Cc1cccs1)[C@@H](C(=O)NC1CCCCC1)c1cn(C)nc1C. The molecule has 174 valence electrons. The first-order valence-corrected chi connectivity index (χ1v) is 12.5. The molecule has 0 unspecified atom stereocenters.